The first-order chi connectivity index (χ1) is 12.7. The van der Waals surface area contributed by atoms with E-state index in [9.17, 15) is 16.8 Å². The molecule has 2 heterocycles. The van der Waals surface area contributed by atoms with Crippen LogP contribution in [0.1, 0.15) is 29.5 Å². The van der Waals surface area contributed by atoms with E-state index >= 15 is 0 Å². The average molecular weight is 410 g/mol. The molecule has 9 heteroatoms. The third-order valence-corrected chi connectivity index (χ3v) is 8.14. The molecule has 1 N–H and O–H groups in total. The van der Waals surface area contributed by atoms with Crippen LogP contribution in [0.15, 0.2) is 41.6 Å². The number of aromatic nitrogens is 1. The summed E-state index contributed by atoms with van der Waals surface area (Å²) in [6.07, 6.45) is 4.66. The zero-order chi connectivity index (χ0) is 19.7. The van der Waals surface area contributed by atoms with Gasteiger partial charge in [0.1, 0.15) is 0 Å². The monoisotopic (exact) mass is 409 g/mol. The van der Waals surface area contributed by atoms with Crippen LogP contribution in [0.2, 0.25) is 0 Å². The average Bonchev–Trinajstić information content (AvgIpc) is 2.59. The van der Waals surface area contributed by atoms with Crippen molar-refractivity contribution in [1.82, 2.24) is 9.71 Å². The van der Waals surface area contributed by atoms with Crippen LogP contribution in [0.4, 0.5) is 5.69 Å². The van der Waals surface area contributed by atoms with Gasteiger partial charge in [-0.15, -0.1) is 0 Å². The van der Waals surface area contributed by atoms with Crippen molar-refractivity contribution in [3.63, 3.8) is 0 Å². The maximum absolute atomic E-state index is 12.8. The van der Waals surface area contributed by atoms with Crippen molar-refractivity contribution in [3.05, 3.63) is 53.3 Å². The molecule has 2 aromatic rings. The Kier molecular flexibility index (Phi) is 5.55. The molecule has 7 nitrogen and oxygen atoms in total. The first-order valence-corrected chi connectivity index (χ1v) is 11.8. The smallest absolute Gasteiger partial charge is 0.241 e. The summed E-state index contributed by atoms with van der Waals surface area (Å²) in [4.78, 5) is 4.10. The van der Waals surface area contributed by atoms with Gasteiger partial charge in [0, 0.05) is 25.5 Å². The third-order valence-electron chi connectivity index (χ3n) is 4.57. The molecule has 3 rings (SSSR count). The molecular formula is C18H23N3O4S2. The molecule has 1 saturated heterocycles. The molecule has 0 aliphatic carbocycles. The van der Waals surface area contributed by atoms with Crippen LogP contribution in [0.25, 0.3) is 0 Å². The topological polar surface area (TPSA) is 96.4 Å². The van der Waals surface area contributed by atoms with Crippen LogP contribution in [0, 0.1) is 13.8 Å². The SMILES string of the molecule is Cc1cc(N2CCCCS2(=O)=O)cc(C)c1S(=O)(=O)NCc1ccncc1. The van der Waals surface area contributed by atoms with Gasteiger partial charge in [0.15, 0.2) is 0 Å². The van der Waals surface area contributed by atoms with Gasteiger partial charge in [-0.3, -0.25) is 9.29 Å². The second-order valence-electron chi connectivity index (χ2n) is 6.68. The number of aryl methyl sites for hydroxylation is 2. The number of sulfonamides is 2. The van der Waals surface area contributed by atoms with Crippen molar-refractivity contribution in [3.8, 4) is 0 Å². The number of nitrogens with one attached hydrogen (secondary N) is 1. The van der Waals surface area contributed by atoms with E-state index in [-0.39, 0.29) is 17.2 Å². The first-order valence-electron chi connectivity index (χ1n) is 8.71. The highest BCUT2D eigenvalue weighted by atomic mass is 32.2. The van der Waals surface area contributed by atoms with Crippen LogP contribution < -0.4 is 9.03 Å². The van der Waals surface area contributed by atoms with Gasteiger partial charge in [-0.25, -0.2) is 21.6 Å². The van der Waals surface area contributed by atoms with E-state index in [0.717, 1.165) is 12.0 Å². The van der Waals surface area contributed by atoms with Gasteiger partial charge in [0.05, 0.1) is 16.3 Å². The molecule has 1 fully saturated rings. The molecule has 146 valence electrons. The molecule has 1 aromatic heterocycles. The summed E-state index contributed by atoms with van der Waals surface area (Å²) < 4.78 is 54.3. The maximum Gasteiger partial charge on any atom is 0.241 e. The summed E-state index contributed by atoms with van der Waals surface area (Å²) in [5.41, 5.74) is 2.37. The highest BCUT2D eigenvalue weighted by Crippen LogP contribution is 2.30. The van der Waals surface area contributed by atoms with Crippen molar-refractivity contribution >= 4 is 25.7 Å². The van der Waals surface area contributed by atoms with Crippen LogP contribution >= 0.6 is 0 Å². The number of nitrogens with zero attached hydrogens (tertiary/aromatic N) is 2. The lowest BCUT2D eigenvalue weighted by molar-refractivity contribution is 0.574. The summed E-state index contributed by atoms with van der Waals surface area (Å²) in [6.45, 7) is 3.96. The van der Waals surface area contributed by atoms with Gasteiger partial charge in [0.25, 0.3) is 0 Å². The third kappa shape index (κ3) is 4.31. The Balaban J connectivity index is 1.90. The van der Waals surface area contributed by atoms with E-state index in [1.54, 1.807) is 50.5 Å². The Morgan fingerprint density at radius 1 is 1.11 bits per heavy atom. The zero-order valence-corrected chi connectivity index (χ0v) is 17.0. The molecule has 0 saturated carbocycles. The van der Waals surface area contributed by atoms with E-state index in [2.05, 4.69) is 9.71 Å². The fourth-order valence-electron chi connectivity index (χ4n) is 3.33. The quantitative estimate of drug-likeness (QED) is 0.816. The van der Waals surface area contributed by atoms with E-state index in [1.165, 1.54) is 4.31 Å². The first kappa shape index (κ1) is 19.8. The van der Waals surface area contributed by atoms with Gasteiger partial charge >= 0.3 is 0 Å². The van der Waals surface area contributed by atoms with Crippen LogP contribution in [-0.2, 0) is 26.6 Å². The number of hydrogen-bond acceptors (Lipinski definition) is 5. The van der Waals surface area contributed by atoms with E-state index < -0.39 is 20.0 Å². The second kappa shape index (κ2) is 7.57. The Morgan fingerprint density at radius 2 is 1.74 bits per heavy atom. The second-order valence-corrected chi connectivity index (χ2v) is 10.4. The van der Waals surface area contributed by atoms with Gasteiger partial charge in [-0.1, -0.05) is 0 Å². The molecule has 0 radical (unpaired) electrons. The predicted molar refractivity (Wildman–Crippen MR) is 105 cm³/mol. The highest BCUT2D eigenvalue weighted by molar-refractivity contribution is 7.92. The molecule has 0 atom stereocenters. The maximum atomic E-state index is 12.8. The largest absolute Gasteiger partial charge is 0.270 e. The molecule has 0 spiro atoms. The van der Waals surface area contributed by atoms with Crippen molar-refractivity contribution in [2.75, 3.05) is 16.6 Å². The van der Waals surface area contributed by atoms with Gasteiger partial charge in [0.2, 0.25) is 20.0 Å². The van der Waals surface area contributed by atoms with Gasteiger partial charge < -0.3 is 0 Å². The molecule has 0 amide bonds. The van der Waals surface area contributed by atoms with E-state index in [1.807, 2.05) is 0 Å². The molecule has 1 aliphatic heterocycles. The summed E-state index contributed by atoms with van der Waals surface area (Å²) in [5.74, 6) is 0.124. The van der Waals surface area contributed by atoms with Gasteiger partial charge in [-0.2, -0.15) is 0 Å². The molecule has 27 heavy (non-hydrogen) atoms. The minimum Gasteiger partial charge on any atom is -0.270 e. The van der Waals surface area contributed by atoms with Crippen LogP contribution in [0.3, 0.4) is 0 Å². The number of pyridine rings is 1. The molecule has 1 aromatic carbocycles. The van der Waals surface area contributed by atoms with Crippen LogP contribution in [0.5, 0.6) is 0 Å². The number of hydrogen-bond donors (Lipinski definition) is 1. The normalized spacial score (nSPS) is 17.0. The summed E-state index contributed by atoms with van der Waals surface area (Å²) >= 11 is 0. The Bertz CT molecular complexity index is 1010. The van der Waals surface area contributed by atoms with Crippen molar-refractivity contribution in [1.29, 1.82) is 0 Å². The molecule has 0 bridgehead atoms. The number of rotatable bonds is 5. The lowest BCUT2D eigenvalue weighted by Gasteiger charge is -2.29. The minimum absolute atomic E-state index is 0.124. The lowest BCUT2D eigenvalue weighted by Crippen LogP contribution is -2.38. The van der Waals surface area contributed by atoms with Crippen molar-refractivity contribution < 1.29 is 16.8 Å². The fourth-order valence-corrected chi connectivity index (χ4v) is 6.42. The molecule has 0 unspecified atom stereocenters. The Labute approximate surface area is 160 Å². The summed E-state index contributed by atoms with van der Waals surface area (Å²) in [5, 5.41) is 0. The van der Waals surface area contributed by atoms with E-state index in [4.69, 9.17) is 0 Å². The fraction of sp³-hybridized carbons (Fsp3) is 0.389. The Morgan fingerprint density at radius 3 is 2.33 bits per heavy atom. The lowest BCUT2D eigenvalue weighted by atomic mass is 10.1. The number of anilines is 1. The predicted octanol–water partition coefficient (Wildman–Crippen LogP) is 2.11. The van der Waals surface area contributed by atoms with Crippen LogP contribution in [-0.4, -0.2) is 34.1 Å². The van der Waals surface area contributed by atoms with Crippen molar-refractivity contribution in [2.45, 2.75) is 38.1 Å². The summed E-state index contributed by atoms with van der Waals surface area (Å²) in [7, 11) is -7.08. The minimum atomic E-state index is -3.73. The molecule has 1 aliphatic rings. The van der Waals surface area contributed by atoms with Gasteiger partial charge in [-0.05, 0) is 67.6 Å². The standard InChI is InChI=1S/C18H23N3O4S2/c1-14-11-17(21-9-3-4-10-26(21,22)23)12-15(2)18(14)27(24,25)20-13-16-5-7-19-8-6-16/h5-8,11-12,20H,3-4,9-10,13H2,1-2H3. The van der Waals surface area contributed by atoms with Crippen molar-refractivity contribution in [2.24, 2.45) is 0 Å². The Hall–Kier alpha value is -1.97. The number of benzene rings is 1. The molecular weight excluding hydrogens is 386 g/mol. The zero-order valence-electron chi connectivity index (χ0n) is 15.3. The van der Waals surface area contributed by atoms with E-state index in [0.29, 0.717) is 29.8 Å². The summed E-state index contributed by atoms with van der Waals surface area (Å²) in [6, 6.07) is 6.76. The highest BCUT2D eigenvalue weighted by Gasteiger charge is 2.28.